The van der Waals surface area contributed by atoms with E-state index in [9.17, 15) is 0 Å². The maximum absolute atomic E-state index is 9.05. The fraction of sp³-hybridized carbons (Fsp3) is 0.0526. The number of para-hydroxylation sites is 1. The van der Waals surface area contributed by atoms with E-state index >= 15 is 0 Å². The Hall–Kier alpha value is -2.83. The van der Waals surface area contributed by atoms with Gasteiger partial charge in [0, 0.05) is 22.5 Å². The van der Waals surface area contributed by atoms with Gasteiger partial charge in [-0.25, -0.2) is 0 Å². The Morgan fingerprint density at radius 3 is 2.78 bits per heavy atom. The molecule has 0 aliphatic carbocycles. The topological polar surface area (TPSA) is 49.8 Å². The number of aromatic nitrogens is 1. The summed E-state index contributed by atoms with van der Waals surface area (Å²) in [6.45, 7) is 1.95. The third-order valence-corrected chi connectivity index (χ3v) is 4.35. The zero-order chi connectivity index (χ0) is 16.0. The molecule has 0 unspecified atom stereocenters. The van der Waals surface area contributed by atoms with Crippen molar-refractivity contribution in [1.82, 2.24) is 4.98 Å². The first-order valence-corrected chi connectivity index (χ1v) is 7.53. The van der Waals surface area contributed by atoms with Crippen molar-refractivity contribution in [2.45, 2.75) is 6.92 Å². The van der Waals surface area contributed by atoms with Crippen LogP contribution in [0.1, 0.15) is 11.1 Å². The summed E-state index contributed by atoms with van der Waals surface area (Å²) >= 11 is 6.07. The number of benzene rings is 2. The van der Waals surface area contributed by atoms with Crippen molar-refractivity contribution in [1.29, 1.82) is 5.26 Å². The molecule has 110 valence electrons. The maximum atomic E-state index is 9.05. The van der Waals surface area contributed by atoms with Crippen LogP contribution < -0.4 is 0 Å². The molecule has 4 aromatic rings. The van der Waals surface area contributed by atoms with Gasteiger partial charge in [0.05, 0.1) is 22.3 Å². The number of hydrogen-bond donors (Lipinski definition) is 0. The highest BCUT2D eigenvalue weighted by atomic mass is 35.5. The van der Waals surface area contributed by atoms with E-state index in [4.69, 9.17) is 21.3 Å². The summed E-state index contributed by atoms with van der Waals surface area (Å²) in [6.07, 6.45) is 1.65. The predicted molar refractivity (Wildman–Crippen MR) is 91.4 cm³/mol. The van der Waals surface area contributed by atoms with E-state index in [-0.39, 0.29) is 0 Å². The van der Waals surface area contributed by atoms with E-state index in [1.807, 2.05) is 37.3 Å². The zero-order valence-corrected chi connectivity index (χ0v) is 13.1. The molecule has 23 heavy (non-hydrogen) atoms. The number of hydrogen-bond acceptors (Lipinski definition) is 3. The second kappa shape index (κ2) is 5.12. The third kappa shape index (κ3) is 2.16. The molecule has 0 N–H and O–H groups in total. The largest absolute Gasteiger partial charge is 0.455 e. The van der Waals surface area contributed by atoms with Crippen molar-refractivity contribution in [2.24, 2.45) is 0 Å². The number of rotatable bonds is 1. The second-order valence-corrected chi connectivity index (χ2v) is 5.83. The van der Waals surface area contributed by atoms with E-state index in [1.54, 1.807) is 18.3 Å². The summed E-state index contributed by atoms with van der Waals surface area (Å²) in [4.78, 5) is 4.42. The Morgan fingerprint density at radius 1 is 1.13 bits per heavy atom. The van der Waals surface area contributed by atoms with E-state index in [2.05, 4.69) is 11.1 Å². The molecule has 0 bridgehead atoms. The Bertz CT molecular complexity index is 1110. The average Bonchev–Trinajstić information content (AvgIpc) is 2.95. The highest BCUT2D eigenvalue weighted by molar-refractivity contribution is 6.31. The molecule has 4 heteroatoms. The van der Waals surface area contributed by atoms with E-state index in [0.29, 0.717) is 16.2 Å². The van der Waals surface area contributed by atoms with Crippen LogP contribution in [0.15, 0.2) is 53.1 Å². The van der Waals surface area contributed by atoms with Gasteiger partial charge in [-0.15, -0.1) is 0 Å². The lowest BCUT2D eigenvalue weighted by Crippen LogP contribution is -1.86. The molecule has 0 atom stereocenters. The predicted octanol–water partition coefficient (Wildman–Crippen LogP) is 5.48. The van der Waals surface area contributed by atoms with E-state index in [0.717, 1.165) is 33.2 Å². The van der Waals surface area contributed by atoms with E-state index < -0.39 is 0 Å². The van der Waals surface area contributed by atoms with Crippen LogP contribution in [0.2, 0.25) is 5.02 Å². The summed E-state index contributed by atoms with van der Waals surface area (Å²) in [5.74, 6) is 0. The molecule has 2 heterocycles. The Labute approximate surface area is 137 Å². The van der Waals surface area contributed by atoms with Crippen molar-refractivity contribution in [3.8, 4) is 17.3 Å². The Kier molecular flexibility index (Phi) is 3.07. The maximum Gasteiger partial charge on any atom is 0.144 e. The summed E-state index contributed by atoms with van der Waals surface area (Å²) in [7, 11) is 0. The Morgan fingerprint density at radius 2 is 2.00 bits per heavy atom. The minimum atomic E-state index is 0.582. The average molecular weight is 319 g/mol. The summed E-state index contributed by atoms with van der Waals surface area (Å²) < 4.78 is 6.03. The highest BCUT2D eigenvalue weighted by Crippen LogP contribution is 2.35. The summed E-state index contributed by atoms with van der Waals surface area (Å²) in [5.41, 5.74) is 4.76. The van der Waals surface area contributed by atoms with Crippen LogP contribution in [-0.2, 0) is 0 Å². The SMILES string of the molecule is Cc1cc(-c2cccc3c2oc2cc(C#N)ccc23)ncc1Cl. The molecule has 0 radical (unpaired) electrons. The number of nitrogens with zero attached hydrogens (tertiary/aromatic N) is 2. The summed E-state index contributed by atoms with van der Waals surface area (Å²) in [6, 6.07) is 15.5. The molecule has 4 rings (SSSR count). The van der Waals surface area contributed by atoms with Gasteiger partial charge in [0.25, 0.3) is 0 Å². The molecule has 0 amide bonds. The number of halogens is 1. The van der Waals surface area contributed by atoms with Gasteiger partial charge in [-0.3, -0.25) is 4.98 Å². The minimum absolute atomic E-state index is 0.582. The lowest BCUT2D eigenvalue weighted by atomic mass is 10.0. The lowest BCUT2D eigenvalue weighted by Gasteiger charge is -2.04. The molecule has 0 saturated heterocycles. The molecule has 0 saturated carbocycles. The third-order valence-electron chi connectivity index (χ3n) is 3.95. The van der Waals surface area contributed by atoms with Crippen molar-refractivity contribution in [2.75, 3.05) is 0 Å². The van der Waals surface area contributed by atoms with Gasteiger partial charge in [0.15, 0.2) is 0 Å². The molecular weight excluding hydrogens is 308 g/mol. The fourth-order valence-corrected chi connectivity index (χ4v) is 2.86. The number of nitriles is 1. The van der Waals surface area contributed by atoms with Crippen LogP contribution >= 0.6 is 11.6 Å². The fourth-order valence-electron chi connectivity index (χ4n) is 2.76. The zero-order valence-electron chi connectivity index (χ0n) is 12.3. The van der Waals surface area contributed by atoms with Crippen LogP contribution in [0.5, 0.6) is 0 Å². The first kappa shape index (κ1) is 13.8. The van der Waals surface area contributed by atoms with Crippen molar-refractivity contribution in [3.05, 3.63) is 64.8 Å². The molecule has 0 spiro atoms. The number of aryl methyl sites for hydroxylation is 1. The molecule has 2 aromatic heterocycles. The van der Waals surface area contributed by atoms with Gasteiger partial charge in [0.1, 0.15) is 11.2 Å². The van der Waals surface area contributed by atoms with Gasteiger partial charge >= 0.3 is 0 Å². The molecule has 2 aromatic carbocycles. The number of pyridine rings is 1. The van der Waals surface area contributed by atoms with Crippen LogP contribution in [0, 0.1) is 18.3 Å². The molecule has 0 aliphatic heterocycles. The second-order valence-electron chi connectivity index (χ2n) is 5.43. The standard InChI is InChI=1S/C19H11ClN2O/c1-11-7-17(22-10-16(11)20)15-4-2-3-14-13-6-5-12(9-21)8-18(13)23-19(14)15/h2-8,10H,1H3. The van der Waals surface area contributed by atoms with Crippen molar-refractivity contribution < 1.29 is 4.42 Å². The van der Waals surface area contributed by atoms with Crippen LogP contribution in [0.4, 0.5) is 0 Å². The molecule has 0 fully saturated rings. The number of furan rings is 1. The lowest BCUT2D eigenvalue weighted by molar-refractivity contribution is 0.669. The quantitative estimate of drug-likeness (QED) is 0.467. The molecule has 3 nitrogen and oxygen atoms in total. The van der Waals surface area contributed by atoms with Gasteiger partial charge < -0.3 is 4.42 Å². The monoisotopic (exact) mass is 318 g/mol. The van der Waals surface area contributed by atoms with Gasteiger partial charge in [-0.2, -0.15) is 5.26 Å². The van der Waals surface area contributed by atoms with Gasteiger partial charge in [-0.05, 0) is 42.8 Å². The summed E-state index contributed by atoms with van der Waals surface area (Å²) in [5, 5.41) is 11.7. The van der Waals surface area contributed by atoms with Gasteiger partial charge in [0.2, 0.25) is 0 Å². The highest BCUT2D eigenvalue weighted by Gasteiger charge is 2.13. The Balaban J connectivity index is 2.04. The number of fused-ring (bicyclic) bond motifs is 3. The van der Waals surface area contributed by atoms with Crippen LogP contribution in [-0.4, -0.2) is 4.98 Å². The normalized spacial score (nSPS) is 11.0. The van der Waals surface area contributed by atoms with Crippen LogP contribution in [0.25, 0.3) is 33.2 Å². The van der Waals surface area contributed by atoms with Crippen molar-refractivity contribution in [3.63, 3.8) is 0 Å². The molecule has 0 aliphatic rings. The van der Waals surface area contributed by atoms with Crippen molar-refractivity contribution >= 4 is 33.5 Å². The minimum Gasteiger partial charge on any atom is -0.455 e. The van der Waals surface area contributed by atoms with E-state index in [1.165, 1.54) is 0 Å². The van der Waals surface area contributed by atoms with Crippen LogP contribution in [0.3, 0.4) is 0 Å². The molecular formula is C19H11ClN2O. The van der Waals surface area contributed by atoms with Gasteiger partial charge in [-0.1, -0.05) is 23.7 Å². The first-order chi connectivity index (χ1) is 11.2. The first-order valence-electron chi connectivity index (χ1n) is 7.15. The smallest absolute Gasteiger partial charge is 0.144 e.